The number of amides is 3. The van der Waals surface area contributed by atoms with Crippen LogP contribution >= 0.6 is 0 Å². The molecule has 2 bridgehead atoms. The summed E-state index contributed by atoms with van der Waals surface area (Å²) < 4.78 is 1.43. The number of rotatable bonds is 6. The Kier molecular flexibility index (Phi) is 7.87. The van der Waals surface area contributed by atoms with Gasteiger partial charge in [0.05, 0.1) is 10.9 Å². The van der Waals surface area contributed by atoms with Crippen LogP contribution in [0.1, 0.15) is 96.3 Å². The number of nitrogens with one attached hydrogen (secondary N) is 3. The summed E-state index contributed by atoms with van der Waals surface area (Å²) >= 11 is 0. The minimum absolute atomic E-state index is 0.0648. The molecule has 3 saturated carbocycles. The normalized spacial score (nSPS) is 33.2. The molecule has 3 unspecified atom stereocenters. The molecule has 4 fully saturated rings. The molecule has 3 aliphatic carbocycles. The van der Waals surface area contributed by atoms with E-state index in [1.807, 2.05) is 18.2 Å². The lowest BCUT2D eigenvalue weighted by molar-refractivity contribution is -0.136. The second-order valence-corrected chi connectivity index (χ2v) is 14.1. The maximum absolute atomic E-state index is 13.7. The van der Waals surface area contributed by atoms with Crippen LogP contribution in [0.4, 0.5) is 5.69 Å². The van der Waals surface area contributed by atoms with Crippen LogP contribution in [-0.4, -0.2) is 39.4 Å². The van der Waals surface area contributed by atoms with Crippen molar-refractivity contribution in [2.75, 3.05) is 11.9 Å². The number of aromatic nitrogens is 2. The first-order valence-electron chi connectivity index (χ1n) is 16.0. The van der Waals surface area contributed by atoms with Gasteiger partial charge >= 0.3 is 0 Å². The number of anilines is 1. The van der Waals surface area contributed by atoms with Gasteiger partial charge < -0.3 is 10.6 Å². The minimum atomic E-state index is -0.749. The molecule has 9 nitrogen and oxygen atoms in total. The Balaban J connectivity index is 1.08. The van der Waals surface area contributed by atoms with E-state index in [-0.39, 0.29) is 41.7 Å². The number of hydrogen-bond donors (Lipinski definition) is 3. The maximum atomic E-state index is 13.7. The SMILES string of the molecule is Cc1nc2cccc(NCC3CCC(C(=O)NC4(C)CC5CC(C)CC(C5)C4)CC3)c2c(=O)n1C1CCC(=O)NC1=O. The van der Waals surface area contributed by atoms with Gasteiger partial charge in [0.1, 0.15) is 11.9 Å². The molecule has 3 N–H and O–H groups in total. The number of aryl methyl sites for hydroxylation is 1. The van der Waals surface area contributed by atoms with E-state index >= 15 is 0 Å². The average Bonchev–Trinajstić information content (AvgIpc) is 2.92. The van der Waals surface area contributed by atoms with Gasteiger partial charge in [-0.2, -0.15) is 0 Å². The van der Waals surface area contributed by atoms with Gasteiger partial charge in [0, 0.05) is 30.1 Å². The monoisotopic (exact) mass is 575 g/mol. The zero-order chi connectivity index (χ0) is 29.6. The summed E-state index contributed by atoms with van der Waals surface area (Å²) in [6.07, 6.45) is 10.4. The zero-order valence-electron chi connectivity index (χ0n) is 25.2. The van der Waals surface area contributed by atoms with Crippen LogP contribution in [0.2, 0.25) is 0 Å². The van der Waals surface area contributed by atoms with Crippen LogP contribution in [0.25, 0.3) is 10.9 Å². The van der Waals surface area contributed by atoms with Crippen LogP contribution in [0.15, 0.2) is 23.0 Å². The van der Waals surface area contributed by atoms with Crippen molar-refractivity contribution in [3.63, 3.8) is 0 Å². The Morgan fingerprint density at radius 2 is 1.76 bits per heavy atom. The Morgan fingerprint density at radius 3 is 2.45 bits per heavy atom. The molecule has 42 heavy (non-hydrogen) atoms. The van der Waals surface area contributed by atoms with Gasteiger partial charge in [-0.25, -0.2) is 4.98 Å². The van der Waals surface area contributed by atoms with Crippen molar-refractivity contribution in [1.29, 1.82) is 0 Å². The molecule has 2 heterocycles. The van der Waals surface area contributed by atoms with Crippen LogP contribution in [0.3, 0.4) is 0 Å². The standard InChI is InChI=1S/C33H45N5O4/c1-19-13-22-15-23(14-19)17-33(3,16-22)37-30(40)24-9-7-21(8-10-24)18-34-25-5-4-6-26-29(25)32(42)38(20(2)35-26)27-11-12-28(39)36-31(27)41/h4-6,19,21-24,27,34H,7-18H2,1-3H3,(H,37,40)(H,36,39,41). The summed E-state index contributed by atoms with van der Waals surface area (Å²) in [4.78, 5) is 55.9. The van der Waals surface area contributed by atoms with Crippen LogP contribution < -0.4 is 21.5 Å². The van der Waals surface area contributed by atoms with E-state index in [1.54, 1.807) is 6.92 Å². The van der Waals surface area contributed by atoms with Crippen molar-refractivity contribution in [1.82, 2.24) is 20.2 Å². The summed E-state index contributed by atoms with van der Waals surface area (Å²) in [5.41, 5.74) is 0.951. The molecule has 226 valence electrons. The molecule has 4 aliphatic rings. The van der Waals surface area contributed by atoms with Crippen molar-refractivity contribution in [3.05, 3.63) is 34.4 Å². The number of imide groups is 1. The highest BCUT2D eigenvalue weighted by Crippen LogP contribution is 2.46. The third-order valence-electron chi connectivity index (χ3n) is 10.5. The van der Waals surface area contributed by atoms with Crippen molar-refractivity contribution in [2.45, 2.75) is 103 Å². The zero-order valence-corrected chi connectivity index (χ0v) is 25.2. The first-order valence-corrected chi connectivity index (χ1v) is 16.0. The number of carbonyl (C=O) groups is 3. The molecule has 1 saturated heterocycles. The number of carbonyl (C=O) groups excluding carboxylic acids is 3. The van der Waals surface area contributed by atoms with E-state index in [0.717, 1.165) is 56.3 Å². The Morgan fingerprint density at radius 1 is 1.05 bits per heavy atom. The molecule has 0 spiro atoms. The number of fused-ring (bicyclic) bond motifs is 3. The molecular weight excluding hydrogens is 530 g/mol. The molecule has 6 rings (SSSR count). The summed E-state index contributed by atoms with van der Waals surface area (Å²) in [5.74, 6) is 2.72. The molecule has 1 aliphatic heterocycles. The van der Waals surface area contributed by atoms with Crippen LogP contribution in [-0.2, 0) is 14.4 Å². The molecule has 1 aromatic carbocycles. The summed E-state index contributed by atoms with van der Waals surface area (Å²) in [7, 11) is 0. The summed E-state index contributed by atoms with van der Waals surface area (Å²) in [5, 5.41) is 9.81. The number of hydrogen-bond acceptors (Lipinski definition) is 6. The minimum Gasteiger partial charge on any atom is -0.384 e. The first-order chi connectivity index (χ1) is 20.1. The highest BCUT2D eigenvalue weighted by molar-refractivity contribution is 5.99. The average molecular weight is 576 g/mol. The summed E-state index contributed by atoms with van der Waals surface area (Å²) in [6, 6.07) is 4.83. The molecule has 3 amide bonds. The van der Waals surface area contributed by atoms with Gasteiger partial charge in [0.2, 0.25) is 17.7 Å². The van der Waals surface area contributed by atoms with Crippen molar-refractivity contribution >= 4 is 34.3 Å². The molecule has 3 atom stereocenters. The van der Waals surface area contributed by atoms with E-state index in [4.69, 9.17) is 0 Å². The highest BCUT2D eigenvalue weighted by Gasteiger charge is 2.42. The lowest BCUT2D eigenvalue weighted by Crippen LogP contribution is -2.54. The van der Waals surface area contributed by atoms with Crippen LogP contribution in [0.5, 0.6) is 0 Å². The van der Waals surface area contributed by atoms with Gasteiger partial charge in [-0.3, -0.25) is 29.1 Å². The predicted octanol–water partition coefficient (Wildman–Crippen LogP) is 4.62. The lowest BCUT2D eigenvalue weighted by Gasteiger charge is -2.48. The van der Waals surface area contributed by atoms with E-state index in [0.29, 0.717) is 34.9 Å². The largest absolute Gasteiger partial charge is 0.384 e. The van der Waals surface area contributed by atoms with Crippen molar-refractivity contribution in [2.24, 2.45) is 29.6 Å². The Labute approximate surface area is 247 Å². The Bertz CT molecular complexity index is 1420. The van der Waals surface area contributed by atoms with Gasteiger partial charge in [-0.15, -0.1) is 0 Å². The van der Waals surface area contributed by atoms with Gasteiger partial charge in [-0.05, 0) is 114 Å². The second kappa shape index (κ2) is 11.5. The predicted molar refractivity (Wildman–Crippen MR) is 162 cm³/mol. The summed E-state index contributed by atoms with van der Waals surface area (Å²) in [6.45, 7) is 7.08. The smallest absolute Gasteiger partial charge is 0.264 e. The number of nitrogens with zero attached hydrogens (tertiary/aromatic N) is 2. The van der Waals surface area contributed by atoms with Crippen LogP contribution in [0, 0.1) is 36.5 Å². The lowest BCUT2D eigenvalue weighted by atomic mass is 9.62. The van der Waals surface area contributed by atoms with Gasteiger partial charge in [0.15, 0.2) is 0 Å². The van der Waals surface area contributed by atoms with Gasteiger partial charge in [-0.1, -0.05) is 13.0 Å². The topological polar surface area (TPSA) is 122 Å². The fourth-order valence-electron chi connectivity index (χ4n) is 8.77. The number of benzene rings is 1. The highest BCUT2D eigenvalue weighted by atomic mass is 16.2. The van der Waals surface area contributed by atoms with Crippen molar-refractivity contribution < 1.29 is 14.4 Å². The molecule has 2 aromatic rings. The third-order valence-corrected chi connectivity index (χ3v) is 10.5. The van der Waals surface area contributed by atoms with E-state index in [9.17, 15) is 19.2 Å². The third kappa shape index (κ3) is 5.84. The fourth-order valence-corrected chi connectivity index (χ4v) is 8.77. The Hall–Kier alpha value is -3.23. The quantitative estimate of drug-likeness (QED) is 0.432. The maximum Gasteiger partial charge on any atom is 0.264 e. The fraction of sp³-hybridized carbons (Fsp3) is 0.667. The molecule has 9 heteroatoms. The van der Waals surface area contributed by atoms with E-state index in [2.05, 4.69) is 34.8 Å². The molecule has 1 aromatic heterocycles. The molecule has 0 radical (unpaired) electrons. The van der Waals surface area contributed by atoms with E-state index in [1.165, 1.54) is 23.8 Å². The van der Waals surface area contributed by atoms with E-state index < -0.39 is 11.9 Å². The number of piperidine rings is 1. The molecular formula is C33H45N5O4. The first kappa shape index (κ1) is 28.9. The van der Waals surface area contributed by atoms with Gasteiger partial charge in [0.25, 0.3) is 5.56 Å². The van der Waals surface area contributed by atoms with Crippen molar-refractivity contribution in [3.8, 4) is 0 Å². The second-order valence-electron chi connectivity index (χ2n) is 14.1.